The summed E-state index contributed by atoms with van der Waals surface area (Å²) in [6, 6.07) is 14.1. The van der Waals surface area contributed by atoms with Gasteiger partial charge in [0.15, 0.2) is 29.1 Å². The average molecular weight is 501 g/mol. The summed E-state index contributed by atoms with van der Waals surface area (Å²) < 4.78 is 68.3. The molecule has 0 aliphatic carbocycles. The van der Waals surface area contributed by atoms with Gasteiger partial charge < -0.3 is 15.5 Å². The van der Waals surface area contributed by atoms with Crippen molar-refractivity contribution in [2.75, 3.05) is 5.32 Å². The smallest absolute Gasteiger partial charge is 0.230 e. The van der Waals surface area contributed by atoms with E-state index >= 15 is 0 Å². The minimum absolute atomic E-state index is 0.00766. The minimum Gasteiger partial charge on any atom is -0.508 e. The lowest BCUT2D eigenvalue weighted by atomic mass is 10.1. The summed E-state index contributed by atoms with van der Waals surface area (Å²) in [5.41, 5.74) is -0.302. The van der Waals surface area contributed by atoms with Crippen molar-refractivity contribution >= 4 is 11.7 Å². The first-order valence-corrected chi connectivity index (χ1v) is 10.4. The van der Waals surface area contributed by atoms with Gasteiger partial charge in [-0.1, -0.05) is 30.3 Å². The number of aromatic nitrogens is 2. The number of benzene rings is 3. The van der Waals surface area contributed by atoms with Gasteiger partial charge in [-0.05, 0) is 29.8 Å². The van der Waals surface area contributed by atoms with Crippen molar-refractivity contribution in [3.63, 3.8) is 0 Å². The van der Waals surface area contributed by atoms with Crippen LogP contribution in [0.2, 0.25) is 0 Å². The lowest BCUT2D eigenvalue weighted by Crippen LogP contribution is -2.21. The number of phenols is 1. The van der Waals surface area contributed by atoms with Gasteiger partial charge in [0.1, 0.15) is 17.5 Å². The number of rotatable bonds is 6. The number of aliphatic hydroxyl groups is 1. The van der Waals surface area contributed by atoms with Crippen LogP contribution in [0.5, 0.6) is 5.75 Å². The molecule has 6 nitrogen and oxygen atoms in total. The van der Waals surface area contributed by atoms with E-state index in [4.69, 9.17) is 0 Å². The number of hydrogen-bond donors (Lipinski definition) is 3. The van der Waals surface area contributed by atoms with Crippen LogP contribution in [0.25, 0.3) is 11.3 Å². The molecule has 1 heterocycles. The molecular formula is C25H16F5N3O3. The van der Waals surface area contributed by atoms with E-state index in [9.17, 15) is 37.0 Å². The highest BCUT2D eigenvalue weighted by molar-refractivity contribution is 5.92. The maximum atomic E-state index is 14.0. The largest absolute Gasteiger partial charge is 0.508 e. The van der Waals surface area contributed by atoms with Gasteiger partial charge in [0.05, 0.1) is 18.3 Å². The molecule has 0 spiro atoms. The van der Waals surface area contributed by atoms with Crippen LogP contribution in [-0.4, -0.2) is 26.1 Å². The van der Waals surface area contributed by atoms with Crippen molar-refractivity contribution in [2.24, 2.45) is 0 Å². The normalized spacial score (nSPS) is 11.8. The molecule has 3 N–H and O–H groups in total. The number of nitrogens with zero attached hydrogens (tertiary/aromatic N) is 2. The Kier molecular flexibility index (Phi) is 6.93. The first-order valence-electron chi connectivity index (χ1n) is 10.4. The third kappa shape index (κ3) is 4.86. The predicted molar refractivity (Wildman–Crippen MR) is 118 cm³/mol. The predicted octanol–water partition coefficient (Wildman–Crippen LogP) is 4.81. The zero-order chi connectivity index (χ0) is 26.0. The Bertz CT molecular complexity index is 1400. The fraction of sp³-hybridized carbons (Fsp3) is 0.0800. The Hall–Kier alpha value is -4.38. The van der Waals surface area contributed by atoms with Gasteiger partial charge in [0.2, 0.25) is 11.7 Å². The van der Waals surface area contributed by atoms with Gasteiger partial charge >= 0.3 is 0 Å². The molecule has 0 aliphatic heterocycles. The molecule has 3 aromatic carbocycles. The van der Waals surface area contributed by atoms with Crippen molar-refractivity contribution in [3.05, 3.63) is 107 Å². The van der Waals surface area contributed by atoms with Crippen LogP contribution < -0.4 is 5.32 Å². The summed E-state index contributed by atoms with van der Waals surface area (Å²) in [7, 11) is 0. The third-order valence-electron chi connectivity index (χ3n) is 5.23. The number of anilines is 1. The van der Waals surface area contributed by atoms with Crippen molar-refractivity contribution in [3.8, 4) is 17.0 Å². The van der Waals surface area contributed by atoms with E-state index in [1.54, 1.807) is 42.5 Å². The SMILES string of the molecule is O=C(Cc1c(F)c(F)c(F)c(F)c1F)Nc1ncc(-c2ccc(O)cc2)nc1C(O)c1ccccc1. The quantitative estimate of drug-likeness (QED) is 0.200. The molecule has 184 valence electrons. The maximum Gasteiger partial charge on any atom is 0.230 e. The van der Waals surface area contributed by atoms with Gasteiger partial charge in [-0.25, -0.2) is 31.9 Å². The van der Waals surface area contributed by atoms with Gasteiger partial charge in [0.25, 0.3) is 0 Å². The van der Waals surface area contributed by atoms with Crippen LogP contribution in [0.3, 0.4) is 0 Å². The highest BCUT2D eigenvalue weighted by atomic mass is 19.2. The van der Waals surface area contributed by atoms with E-state index in [1.807, 2.05) is 0 Å². The van der Waals surface area contributed by atoms with Crippen LogP contribution >= 0.6 is 0 Å². The molecule has 1 aromatic heterocycles. The topological polar surface area (TPSA) is 95.3 Å². The molecule has 0 fully saturated rings. The molecule has 4 rings (SSSR count). The minimum atomic E-state index is -2.34. The first kappa shape index (κ1) is 24.7. The van der Waals surface area contributed by atoms with Crippen molar-refractivity contribution < 1.29 is 37.0 Å². The molecule has 0 radical (unpaired) electrons. The van der Waals surface area contributed by atoms with Crippen molar-refractivity contribution in [2.45, 2.75) is 12.5 Å². The standard InChI is InChI=1S/C25H16F5N3O3/c26-18-15(19(27)21(29)22(30)20(18)28)10-17(35)33-25-23(24(36)13-4-2-1-3-5-13)32-16(11-31-25)12-6-8-14(34)9-7-12/h1-9,11,24,34,36H,10H2,(H,31,33,35). The zero-order valence-corrected chi connectivity index (χ0v) is 18.1. The lowest BCUT2D eigenvalue weighted by Gasteiger charge is -2.16. The van der Waals surface area contributed by atoms with Crippen LogP contribution in [0.4, 0.5) is 27.8 Å². The molecule has 0 aliphatic rings. The van der Waals surface area contributed by atoms with Gasteiger partial charge in [-0.3, -0.25) is 4.79 Å². The second kappa shape index (κ2) is 10.1. The fourth-order valence-electron chi connectivity index (χ4n) is 3.40. The maximum absolute atomic E-state index is 14.0. The fourth-order valence-corrected chi connectivity index (χ4v) is 3.40. The molecule has 4 aromatic rings. The van der Waals surface area contributed by atoms with Crippen LogP contribution in [0, 0.1) is 29.1 Å². The summed E-state index contributed by atoms with van der Waals surface area (Å²) in [6.45, 7) is 0. The number of aliphatic hydroxyl groups excluding tert-OH is 1. The molecule has 11 heteroatoms. The summed E-state index contributed by atoms with van der Waals surface area (Å²) in [4.78, 5) is 21.0. The average Bonchev–Trinajstić information content (AvgIpc) is 2.89. The Morgan fingerprint density at radius 2 is 1.44 bits per heavy atom. The zero-order valence-electron chi connectivity index (χ0n) is 18.1. The number of hydrogen-bond acceptors (Lipinski definition) is 5. The molecule has 0 bridgehead atoms. The van der Waals surface area contributed by atoms with Gasteiger partial charge in [-0.15, -0.1) is 0 Å². The van der Waals surface area contributed by atoms with E-state index in [1.165, 1.54) is 18.3 Å². The summed E-state index contributed by atoms with van der Waals surface area (Å²) in [6.07, 6.45) is -1.37. The highest BCUT2D eigenvalue weighted by Gasteiger charge is 2.28. The number of aromatic hydroxyl groups is 1. The first-order chi connectivity index (χ1) is 17.2. The number of nitrogens with one attached hydrogen (secondary N) is 1. The van der Waals surface area contributed by atoms with Crippen molar-refractivity contribution in [1.82, 2.24) is 9.97 Å². The number of carbonyl (C=O) groups is 1. The Balaban J connectivity index is 1.70. The Labute approximate surface area is 200 Å². The molecule has 0 saturated heterocycles. The molecule has 1 atom stereocenters. The van der Waals surface area contributed by atoms with Gasteiger partial charge in [0, 0.05) is 11.1 Å². The molecular weight excluding hydrogens is 485 g/mol. The number of amides is 1. The molecule has 0 saturated carbocycles. The highest BCUT2D eigenvalue weighted by Crippen LogP contribution is 2.29. The number of halogens is 5. The summed E-state index contributed by atoms with van der Waals surface area (Å²) in [5, 5.41) is 22.7. The van der Waals surface area contributed by atoms with E-state index in [2.05, 4.69) is 15.3 Å². The summed E-state index contributed by atoms with van der Waals surface area (Å²) >= 11 is 0. The van der Waals surface area contributed by atoms with E-state index in [0.29, 0.717) is 11.1 Å². The molecule has 1 amide bonds. The van der Waals surface area contributed by atoms with E-state index in [-0.39, 0.29) is 23.0 Å². The second-order valence-corrected chi connectivity index (χ2v) is 7.62. The van der Waals surface area contributed by atoms with Crippen LogP contribution in [-0.2, 0) is 11.2 Å². The number of carbonyl (C=O) groups excluding carboxylic acids is 1. The second-order valence-electron chi connectivity index (χ2n) is 7.62. The monoisotopic (exact) mass is 501 g/mol. The van der Waals surface area contributed by atoms with E-state index < -0.39 is 53.1 Å². The van der Waals surface area contributed by atoms with E-state index in [0.717, 1.165) is 0 Å². The van der Waals surface area contributed by atoms with Crippen LogP contribution in [0.15, 0.2) is 60.8 Å². The number of phenolic OH excluding ortho intramolecular Hbond substituents is 1. The van der Waals surface area contributed by atoms with Gasteiger partial charge in [-0.2, -0.15) is 0 Å². The lowest BCUT2D eigenvalue weighted by molar-refractivity contribution is -0.115. The summed E-state index contributed by atoms with van der Waals surface area (Å²) in [5.74, 6) is -12.4. The molecule has 36 heavy (non-hydrogen) atoms. The Morgan fingerprint density at radius 3 is 2.06 bits per heavy atom. The third-order valence-corrected chi connectivity index (χ3v) is 5.23. The Morgan fingerprint density at radius 1 is 0.861 bits per heavy atom. The van der Waals surface area contributed by atoms with Crippen LogP contribution in [0.1, 0.15) is 22.9 Å². The molecule has 1 unspecified atom stereocenters. The van der Waals surface area contributed by atoms with Crippen molar-refractivity contribution in [1.29, 1.82) is 0 Å².